The Morgan fingerprint density at radius 2 is 2.19 bits per heavy atom. The molecule has 6 nitrogen and oxygen atoms in total. The maximum Gasteiger partial charge on any atom is 0.289 e. The first kappa shape index (κ1) is 14.2. The molecule has 1 saturated heterocycles. The summed E-state index contributed by atoms with van der Waals surface area (Å²) in [6, 6.07) is 3.27. The van der Waals surface area contributed by atoms with Crippen molar-refractivity contribution in [2.45, 2.75) is 6.04 Å². The van der Waals surface area contributed by atoms with Gasteiger partial charge in [0.25, 0.3) is 5.91 Å². The Kier molecular flexibility index (Phi) is 3.73. The molecule has 21 heavy (non-hydrogen) atoms. The lowest BCUT2D eigenvalue weighted by Crippen LogP contribution is -2.49. The average Bonchev–Trinajstić information content (AvgIpc) is 3.07. The molecule has 0 aliphatic carbocycles. The van der Waals surface area contributed by atoms with Crippen LogP contribution in [0, 0.1) is 0 Å². The summed E-state index contributed by atoms with van der Waals surface area (Å²) in [5.41, 5.74) is 0. The first-order valence-electron chi connectivity index (χ1n) is 6.78. The zero-order valence-corrected chi connectivity index (χ0v) is 12.7. The molecule has 2 aromatic rings. The summed E-state index contributed by atoms with van der Waals surface area (Å²) in [5, 5.41) is 0.230. The minimum absolute atomic E-state index is 0.0770. The van der Waals surface area contributed by atoms with Crippen LogP contribution in [0.15, 0.2) is 28.9 Å². The number of hydrogen-bond acceptors (Lipinski definition) is 4. The van der Waals surface area contributed by atoms with E-state index in [1.807, 2.05) is 24.9 Å². The molecular weight excluding hydrogens is 292 g/mol. The number of halogens is 1. The molecule has 3 heterocycles. The molecule has 0 aromatic carbocycles. The van der Waals surface area contributed by atoms with E-state index in [0.717, 1.165) is 12.4 Å². The van der Waals surface area contributed by atoms with Crippen molar-refractivity contribution in [3.8, 4) is 0 Å². The predicted octanol–water partition coefficient (Wildman–Crippen LogP) is 1.80. The van der Waals surface area contributed by atoms with E-state index in [-0.39, 0.29) is 22.9 Å². The van der Waals surface area contributed by atoms with Crippen LogP contribution in [-0.2, 0) is 7.05 Å². The third-order valence-electron chi connectivity index (χ3n) is 3.88. The Labute approximate surface area is 127 Å². The molecule has 3 rings (SSSR count). The standard InChI is InChI=1S/C14H17ClN4O2/c1-17-7-8-19(14(20)11-3-4-12(15)21-11)9-10(17)13-16-5-6-18(13)2/h3-6,10H,7-9H2,1-2H3. The summed E-state index contributed by atoms with van der Waals surface area (Å²) < 4.78 is 7.20. The number of rotatable bonds is 2. The first-order valence-corrected chi connectivity index (χ1v) is 7.16. The number of imidazole rings is 1. The maximum absolute atomic E-state index is 12.4. The highest BCUT2D eigenvalue weighted by molar-refractivity contribution is 6.29. The minimum atomic E-state index is -0.130. The number of aromatic nitrogens is 2. The van der Waals surface area contributed by atoms with Gasteiger partial charge >= 0.3 is 0 Å². The third kappa shape index (κ3) is 2.69. The molecule has 112 valence electrons. The SMILES string of the molecule is CN1CCN(C(=O)c2ccc(Cl)o2)CC1c1nccn1C. The fourth-order valence-electron chi connectivity index (χ4n) is 2.62. The maximum atomic E-state index is 12.4. The van der Waals surface area contributed by atoms with Crippen LogP contribution in [0.5, 0.6) is 0 Å². The van der Waals surface area contributed by atoms with Gasteiger partial charge in [-0.3, -0.25) is 9.69 Å². The van der Waals surface area contributed by atoms with Crippen LogP contribution in [0.3, 0.4) is 0 Å². The van der Waals surface area contributed by atoms with Gasteiger partial charge in [-0.2, -0.15) is 0 Å². The fourth-order valence-corrected chi connectivity index (χ4v) is 2.77. The Morgan fingerprint density at radius 1 is 1.38 bits per heavy atom. The highest BCUT2D eigenvalue weighted by atomic mass is 35.5. The third-order valence-corrected chi connectivity index (χ3v) is 4.08. The Hall–Kier alpha value is -1.79. The van der Waals surface area contributed by atoms with Crippen molar-refractivity contribution in [2.75, 3.05) is 26.7 Å². The van der Waals surface area contributed by atoms with E-state index in [2.05, 4.69) is 9.88 Å². The van der Waals surface area contributed by atoms with Gasteiger partial charge < -0.3 is 13.9 Å². The number of hydrogen-bond donors (Lipinski definition) is 0. The van der Waals surface area contributed by atoms with E-state index in [1.165, 1.54) is 0 Å². The van der Waals surface area contributed by atoms with Crippen molar-refractivity contribution in [1.82, 2.24) is 19.4 Å². The van der Waals surface area contributed by atoms with Gasteiger partial charge in [-0.15, -0.1) is 0 Å². The van der Waals surface area contributed by atoms with Crippen LogP contribution in [0.25, 0.3) is 0 Å². The lowest BCUT2D eigenvalue weighted by molar-refractivity contribution is 0.0500. The average molecular weight is 309 g/mol. The smallest absolute Gasteiger partial charge is 0.289 e. The largest absolute Gasteiger partial charge is 0.440 e. The number of carbonyl (C=O) groups excluding carboxylic acids is 1. The molecule has 1 atom stereocenters. The Bertz CT molecular complexity index is 651. The Morgan fingerprint density at radius 3 is 2.81 bits per heavy atom. The summed E-state index contributed by atoms with van der Waals surface area (Å²) in [5.74, 6) is 1.10. The van der Waals surface area contributed by atoms with Crippen molar-refractivity contribution >= 4 is 17.5 Å². The molecule has 2 aromatic heterocycles. The highest BCUT2D eigenvalue weighted by Crippen LogP contribution is 2.24. The van der Waals surface area contributed by atoms with E-state index in [1.54, 1.807) is 23.2 Å². The predicted molar refractivity (Wildman–Crippen MR) is 78.2 cm³/mol. The van der Waals surface area contributed by atoms with E-state index >= 15 is 0 Å². The fraction of sp³-hybridized carbons (Fsp3) is 0.429. The molecular formula is C14H17ClN4O2. The van der Waals surface area contributed by atoms with Crippen molar-refractivity contribution in [1.29, 1.82) is 0 Å². The number of likely N-dealkylation sites (N-methyl/N-ethyl adjacent to an activating group) is 1. The normalized spacial score (nSPS) is 20.0. The summed E-state index contributed by atoms with van der Waals surface area (Å²) in [6.07, 6.45) is 3.69. The number of furan rings is 1. The molecule has 1 fully saturated rings. The number of nitrogens with zero attached hydrogens (tertiary/aromatic N) is 4. The molecule has 0 spiro atoms. The van der Waals surface area contributed by atoms with Crippen molar-refractivity contribution < 1.29 is 9.21 Å². The van der Waals surface area contributed by atoms with E-state index in [0.29, 0.717) is 13.1 Å². The molecule has 1 aliphatic heterocycles. The second-order valence-electron chi connectivity index (χ2n) is 5.25. The van der Waals surface area contributed by atoms with E-state index in [4.69, 9.17) is 16.0 Å². The van der Waals surface area contributed by atoms with Gasteiger partial charge in [0.05, 0.1) is 6.04 Å². The minimum Gasteiger partial charge on any atom is -0.440 e. The summed E-state index contributed by atoms with van der Waals surface area (Å²) >= 11 is 5.74. The van der Waals surface area contributed by atoms with Crippen LogP contribution >= 0.6 is 11.6 Å². The van der Waals surface area contributed by atoms with Crippen LogP contribution in [-0.4, -0.2) is 51.9 Å². The van der Waals surface area contributed by atoms with Gasteiger partial charge in [0.2, 0.25) is 0 Å². The monoisotopic (exact) mass is 308 g/mol. The number of carbonyl (C=O) groups is 1. The van der Waals surface area contributed by atoms with E-state index in [9.17, 15) is 4.79 Å². The lowest BCUT2D eigenvalue weighted by atomic mass is 10.1. The van der Waals surface area contributed by atoms with Crippen LogP contribution in [0.1, 0.15) is 22.4 Å². The molecule has 0 N–H and O–H groups in total. The van der Waals surface area contributed by atoms with Crippen molar-refractivity contribution in [2.24, 2.45) is 7.05 Å². The summed E-state index contributed by atoms with van der Waals surface area (Å²) in [6.45, 7) is 2.03. The molecule has 7 heteroatoms. The van der Waals surface area contributed by atoms with Gasteiger partial charge in [0, 0.05) is 39.1 Å². The number of piperazine rings is 1. The molecule has 1 unspecified atom stereocenters. The summed E-state index contributed by atoms with van der Waals surface area (Å²) in [7, 11) is 4.01. The van der Waals surface area contributed by atoms with Crippen molar-refractivity contribution in [3.63, 3.8) is 0 Å². The number of amides is 1. The van der Waals surface area contributed by atoms with Gasteiger partial charge in [-0.05, 0) is 30.8 Å². The van der Waals surface area contributed by atoms with Crippen LogP contribution in [0.4, 0.5) is 0 Å². The second kappa shape index (κ2) is 5.54. The van der Waals surface area contributed by atoms with Gasteiger partial charge in [-0.1, -0.05) is 0 Å². The topological polar surface area (TPSA) is 54.5 Å². The van der Waals surface area contributed by atoms with Crippen molar-refractivity contribution in [3.05, 3.63) is 41.3 Å². The van der Waals surface area contributed by atoms with Gasteiger partial charge in [0.15, 0.2) is 11.0 Å². The quantitative estimate of drug-likeness (QED) is 0.849. The molecule has 1 amide bonds. The van der Waals surface area contributed by atoms with Gasteiger partial charge in [-0.25, -0.2) is 4.98 Å². The summed E-state index contributed by atoms with van der Waals surface area (Å²) in [4.78, 5) is 20.8. The van der Waals surface area contributed by atoms with E-state index < -0.39 is 0 Å². The molecule has 0 radical (unpaired) electrons. The molecule has 0 saturated carbocycles. The number of aryl methyl sites for hydroxylation is 1. The van der Waals surface area contributed by atoms with Crippen LogP contribution < -0.4 is 0 Å². The molecule has 0 bridgehead atoms. The Balaban J connectivity index is 1.80. The lowest BCUT2D eigenvalue weighted by Gasteiger charge is -2.38. The zero-order valence-electron chi connectivity index (χ0n) is 12.0. The second-order valence-corrected chi connectivity index (χ2v) is 5.62. The van der Waals surface area contributed by atoms with Crippen LogP contribution in [0.2, 0.25) is 5.22 Å². The molecule has 1 aliphatic rings. The highest BCUT2D eigenvalue weighted by Gasteiger charge is 2.32. The van der Waals surface area contributed by atoms with Gasteiger partial charge in [0.1, 0.15) is 5.82 Å². The first-order chi connectivity index (χ1) is 10.1. The zero-order chi connectivity index (χ0) is 15.0.